The fraction of sp³-hybridized carbons (Fsp3) is 0.440. The number of rotatable bonds is 2. The van der Waals surface area contributed by atoms with Gasteiger partial charge in [-0.15, -0.1) is 0 Å². The lowest BCUT2D eigenvalue weighted by molar-refractivity contribution is 0.181. The van der Waals surface area contributed by atoms with Crippen molar-refractivity contribution >= 4 is 28.7 Å². The fourth-order valence-electron chi connectivity index (χ4n) is 5.54. The summed E-state index contributed by atoms with van der Waals surface area (Å²) in [5.74, 6) is 1.17. The van der Waals surface area contributed by atoms with Gasteiger partial charge in [-0.05, 0) is 85.0 Å². The van der Waals surface area contributed by atoms with Crippen molar-refractivity contribution in [2.24, 2.45) is 5.92 Å². The molecule has 1 aliphatic carbocycles. The van der Waals surface area contributed by atoms with Crippen molar-refractivity contribution in [3.05, 3.63) is 59.2 Å². The second-order valence-electron chi connectivity index (χ2n) is 9.12. The molecule has 5 nitrogen and oxygen atoms in total. The molecule has 1 N–H and O–H groups in total. The zero-order chi connectivity index (χ0) is 21.5. The summed E-state index contributed by atoms with van der Waals surface area (Å²) in [5.41, 5.74) is 5.90. The third-order valence-corrected chi connectivity index (χ3v) is 7.67. The number of anilines is 2. The minimum Gasteiger partial charge on any atom is -0.369 e. The van der Waals surface area contributed by atoms with Crippen LogP contribution in [0.1, 0.15) is 42.0 Å². The highest BCUT2D eigenvalue weighted by molar-refractivity contribution is 7.80. The second-order valence-corrected chi connectivity index (χ2v) is 9.50. The van der Waals surface area contributed by atoms with Crippen LogP contribution in [0.15, 0.2) is 42.5 Å². The highest BCUT2D eigenvalue weighted by Crippen LogP contribution is 2.53. The molecule has 5 rings (SSSR count). The number of hydrogen-bond donors (Lipinski definition) is 1. The first kappa shape index (κ1) is 20.3. The van der Waals surface area contributed by atoms with Gasteiger partial charge in [0.2, 0.25) is 0 Å². The highest BCUT2D eigenvalue weighted by Gasteiger charge is 2.45. The normalized spacial score (nSPS) is 25.1. The molecule has 2 unspecified atom stereocenters. The number of likely N-dealkylation sites (N-methyl/N-ethyl adjacent to an activating group) is 1. The maximum absolute atomic E-state index is 9.03. The number of benzene rings is 2. The van der Waals surface area contributed by atoms with E-state index >= 15 is 0 Å². The second kappa shape index (κ2) is 8.14. The molecule has 2 saturated heterocycles. The predicted octanol–water partition coefficient (Wildman–Crippen LogP) is 4.19. The van der Waals surface area contributed by atoms with Crippen LogP contribution >= 0.6 is 12.2 Å². The van der Waals surface area contributed by atoms with E-state index in [1.807, 2.05) is 24.3 Å². The van der Waals surface area contributed by atoms with Crippen LogP contribution in [0.5, 0.6) is 0 Å². The molecule has 31 heavy (non-hydrogen) atoms. The van der Waals surface area contributed by atoms with Crippen molar-refractivity contribution in [3.8, 4) is 6.07 Å². The number of nitrogens with zero attached hydrogens (tertiary/aromatic N) is 4. The van der Waals surface area contributed by atoms with Crippen molar-refractivity contribution < 1.29 is 0 Å². The Bertz CT molecular complexity index is 1020. The Morgan fingerprint density at radius 2 is 1.77 bits per heavy atom. The standard InChI is InChI=1S/C25H29N5S/c1-17-21-9-10-30(25(31)27-19-5-3-18(16-26)4-6-19)24(17)23-15-20(7-8-22(21)23)29-13-11-28(2)12-14-29/h3-8,15,17,21,24H,9-14H2,1-2H3,(H,27,31)/t17-,21?,24?/m0/s1. The summed E-state index contributed by atoms with van der Waals surface area (Å²) in [6.07, 6.45) is 1.13. The van der Waals surface area contributed by atoms with Crippen molar-refractivity contribution in [1.29, 1.82) is 5.26 Å². The third-order valence-electron chi connectivity index (χ3n) is 7.33. The topological polar surface area (TPSA) is 45.5 Å². The molecular weight excluding hydrogens is 402 g/mol. The van der Waals surface area contributed by atoms with Gasteiger partial charge in [-0.3, -0.25) is 0 Å². The largest absolute Gasteiger partial charge is 0.369 e. The summed E-state index contributed by atoms with van der Waals surface area (Å²) in [7, 11) is 2.20. The van der Waals surface area contributed by atoms with E-state index < -0.39 is 0 Å². The summed E-state index contributed by atoms with van der Waals surface area (Å²) in [6, 6.07) is 17.1. The van der Waals surface area contributed by atoms with Crippen molar-refractivity contribution in [3.63, 3.8) is 0 Å². The maximum Gasteiger partial charge on any atom is 0.173 e. The van der Waals surface area contributed by atoms with E-state index in [0.29, 0.717) is 23.4 Å². The van der Waals surface area contributed by atoms with Gasteiger partial charge >= 0.3 is 0 Å². The van der Waals surface area contributed by atoms with Crippen molar-refractivity contribution in [2.75, 3.05) is 50.0 Å². The first-order valence-corrected chi connectivity index (χ1v) is 11.6. The Morgan fingerprint density at radius 3 is 2.48 bits per heavy atom. The van der Waals surface area contributed by atoms with Crippen LogP contribution in [0.2, 0.25) is 0 Å². The first-order chi connectivity index (χ1) is 15.0. The number of piperazine rings is 1. The van der Waals surface area contributed by atoms with E-state index in [-0.39, 0.29) is 0 Å². The van der Waals surface area contributed by atoms with Gasteiger partial charge in [-0.25, -0.2) is 0 Å². The molecule has 2 aromatic rings. The molecule has 0 spiro atoms. The summed E-state index contributed by atoms with van der Waals surface area (Å²) < 4.78 is 0. The lowest BCUT2D eigenvalue weighted by Gasteiger charge is -2.40. The Kier molecular flexibility index (Phi) is 5.33. The van der Waals surface area contributed by atoms with Crippen LogP contribution in [0.3, 0.4) is 0 Å². The minimum absolute atomic E-state index is 0.319. The molecule has 2 fully saturated rings. The van der Waals surface area contributed by atoms with Crippen molar-refractivity contribution in [1.82, 2.24) is 9.80 Å². The molecule has 3 aliphatic rings. The molecule has 160 valence electrons. The molecule has 0 saturated carbocycles. The van der Waals surface area contributed by atoms with Gasteiger partial charge in [0.1, 0.15) is 0 Å². The van der Waals surface area contributed by atoms with E-state index in [1.165, 1.54) is 16.8 Å². The zero-order valence-corrected chi connectivity index (χ0v) is 19.0. The average Bonchev–Trinajstić information content (AvgIpc) is 2.95. The molecule has 2 bridgehead atoms. The van der Waals surface area contributed by atoms with Gasteiger partial charge in [-0.2, -0.15) is 5.26 Å². The molecule has 2 aromatic carbocycles. The van der Waals surface area contributed by atoms with Crippen LogP contribution in [-0.4, -0.2) is 54.7 Å². The molecule has 2 heterocycles. The average molecular weight is 432 g/mol. The van der Waals surface area contributed by atoms with Crippen LogP contribution in [0, 0.1) is 17.2 Å². The van der Waals surface area contributed by atoms with Crippen LogP contribution in [-0.2, 0) is 0 Å². The lowest BCUT2D eigenvalue weighted by atomic mass is 9.86. The Morgan fingerprint density at radius 1 is 1.03 bits per heavy atom. The number of hydrogen-bond acceptors (Lipinski definition) is 4. The van der Waals surface area contributed by atoms with E-state index in [4.69, 9.17) is 17.5 Å². The number of likely N-dealkylation sites (tertiary alicyclic amines) is 1. The Hall–Kier alpha value is -2.62. The number of nitrogens with one attached hydrogen (secondary N) is 1. The van der Waals surface area contributed by atoms with Crippen LogP contribution < -0.4 is 10.2 Å². The van der Waals surface area contributed by atoms with Gasteiger partial charge in [0.25, 0.3) is 0 Å². The van der Waals surface area contributed by atoms with Gasteiger partial charge < -0.3 is 20.0 Å². The van der Waals surface area contributed by atoms with Gasteiger partial charge in [-0.1, -0.05) is 13.0 Å². The van der Waals surface area contributed by atoms with Gasteiger partial charge in [0.15, 0.2) is 5.11 Å². The van der Waals surface area contributed by atoms with E-state index in [0.717, 1.165) is 49.9 Å². The zero-order valence-electron chi connectivity index (χ0n) is 18.2. The summed E-state index contributed by atoms with van der Waals surface area (Å²) >= 11 is 5.87. The number of nitriles is 1. The summed E-state index contributed by atoms with van der Waals surface area (Å²) in [6.45, 7) is 7.75. The fourth-order valence-corrected chi connectivity index (χ4v) is 5.87. The molecular formula is C25H29N5S. The molecule has 0 amide bonds. The van der Waals surface area contributed by atoms with Gasteiger partial charge in [0.05, 0.1) is 17.7 Å². The SMILES string of the molecule is C[C@H]1C2CCN(C(=S)Nc3ccc(C#N)cc3)C1c1cc(N3CCN(C)CC3)ccc12. The van der Waals surface area contributed by atoms with Crippen LogP contribution in [0.4, 0.5) is 11.4 Å². The van der Waals surface area contributed by atoms with Crippen LogP contribution in [0.25, 0.3) is 0 Å². The van der Waals surface area contributed by atoms with Crippen molar-refractivity contribution in [2.45, 2.75) is 25.3 Å². The summed E-state index contributed by atoms with van der Waals surface area (Å²) in [4.78, 5) is 7.30. The quantitative estimate of drug-likeness (QED) is 0.720. The van der Waals surface area contributed by atoms with E-state index in [1.54, 1.807) is 0 Å². The lowest BCUT2D eigenvalue weighted by Crippen LogP contribution is -2.44. The number of thiocarbonyl (C=S) groups is 1. The Labute approximate surface area is 190 Å². The predicted molar refractivity (Wildman–Crippen MR) is 129 cm³/mol. The maximum atomic E-state index is 9.03. The van der Waals surface area contributed by atoms with E-state index in [2.05, 4.69) is 58.3 Å². The molecule has 6 heteroatoms. The Balaban J connectivity index is 1.39. The smallest absolute Gasteiger partial charge is 0.173 e. The minimum atomic E-state index is 0.319. The number of piperidine rings is 1. The molecule has 0 radical (unpaired) electrons. The summed E-state index contributed by atoms with van der Waals surface area (Å²) in [5, 5.41) is 13.2. The van der Waals surface area contributed by atoms with Gasteiger partial charge in [0, 0.05) is 44.1 Å². The molecule has 0 aromatic heterocycles. The first-order valence-electron chi connectivity index (χ1n) is 11.2. The third kappa shape index (κ3) is 3.66. The number of fused-ring (bicyclic) bond motifs is 5. The van der Waals surface area contributed by atoms with E-state index in [9.17, 15) is 0 Å². The molecule has 3 atom stereocenters. The molecule has 2 aliphatic heterocycles. The monoisotopic (exact) mass is 431 g/mol. The highest BCUT2D eigenvalue weighted by atomic mass is 32.1.